The van der Waals surface area contributed by atoms with Crippen LogP contribution in [-0.2, 0) is 0 Å². The van der Waals surface area contributed by atoms with Gasteiger partial charge in [0, 0.05) is 16.0 Å². The molecule has 0 aliphatic heterocycles. The first-order chi connectivity index (χ1) is 11.0. The third-order valence-electron chi connectivity index (χ3n) is 3.32. The maximum Gasteiger partial charge on any atom is 0.269 e. The second kappa shape index (κ2) is 6.40. The van der Waals surface area contributed by atoms with Gasteiger partial charge in [-0.3, -0.25) is 15.6 Å². The minimum Gasteiger partial charge on any atom is -0.281 e. The van der Waals surface area contributed by atoms with Gasteiger partial charge in [-0.25, -0.2) is 4.98 Å². The fourth-order valence-corrected chi connectivity index (χ4v) is 2.52. The van der Waals surface area contributed by atoms with Gasteiger partial charge < -0.3 is 0 Å². The van der Waals surface area contributed by atoms with Crippen molar-refractivity contribution in [1.82, 2.24) is 15.4 Å². The Morgan fingerprint density at radius 2 is 1.87 bits per heavy atom. The first kappa shape index (κ1) is 15.5. The van der Waals surface area contributed by atoms with Gasteiger partial charge in [0.1, 0.15) is 0 Å². The first-order valence-corrected chi connectivity index (χ1v) is 7.55. The number of halogens is 2. The minimum atomic E-state index is -0.264. The number of anilines is 1. The predicted molar refractivity (Wildman–Crippen MR) is 91.8 cm³/mol. The number of hydrogen-bond acceptors (Lipinski definition) is 4. The smallest absolute Gasteiger partial charge is 0.269 e. The molecule has 0 aliphatic carbocycles. The maximum atomic E-state index is 12.2. The van der Waals surface area contributed by atoms with Crippen LogP contribution in [0.5, 0.6) is 0 Å². The number of carbonyl (C=O) groups is 1. The Kier molecular flexibility index (Phi) is 4.32. The number of hydrogen-bond donors (Lipinski definition) is 2. The lowest BCUT2D eigenvalue weighted by atomic mass is 10.1. The summed E-state index contributed by atoms with van der Waals surface area (Å²) < 4.78 is 0. The molecule has 0 atom stereocenters. The summed E-state index contributed by atoms with van der Waals surface area (Å²) in [4.78, 5) is 20.5. The minimum absolute atomic E-state index is 0.0624. The number of hydrazine groups is 1. The molecule has 2 aromatic carbocycles. The van der Waals surface area contributed by atoms with E-state index in [4.69, 9.17) is 23.2 Å². The summed E-state index contributed by atoms with van der Waals surface area (Å²) in [7, 11) is 0. The molecule has 5 nitrogen and oxygen atoms in total. The zero-order chi connectivity index (χ0) is 16.4. The summed E-state index contributed by atoms with van der Waals surface area (Å²) in [6.07, 6.45) is 0. The first-order valence-electron chi connectivity index (χ1n) is 6.79. The van der Waals surface area contributed by atoms with E-state index >= 15 is 0 Å². The number of amides is 1. The molecule has 3 rings (SSSR count). The fraction of sp³-hybridized carbons (Fsp3) is 0.0625. The summed E-state index contributed by atoms with van der Waals surface area (Å²) >= 11 is 11.9. The lowest BCUT2D eigenvalue weighted by Crippen LogP contribution is -2.30. The zero-order valence-electron chi connectivity index (χ0n) is 12.1. The van der Waals surface area contributed by atoms with Crippen molar-refractivity contribution < 1.29 is 4.79 Å². The predicted octanol–water partition coefficient (Wildman–Crippen LogP) is 4.00. The summed E-state index contributed by atoms with van der Waals surface area (Å²) in [5.41, 5.74) is 7.46. The van der Waals surface area contributed by atoms with Crippen LogP contribution in [0.1, 0.15) is 15.9 Å². The van der Waals surface area contributed by atoms with Gasteiger partial charge in [0.15, 0.2) is 5.82 Å². The average Bonchev–Trinajstić information content (AvgIpc) is 2.52. The Hall–Kier alpha value is -2.37. The highest BCUT2D eigenvalue weighted by Crippen LogP contribution is 2.24. The van der Waals surface area contributed by atoms with Crippen molar-refractivity contribution in [1.29, 1.82) is 0 Å². The van der Waals surface area contributed by atoms with E-state index in [1.165, 1.54) is 0 Å². The van der Waals surface area contributed by atoms with Gasteiger partial charge in [-0.2, -0.15) is 4.98 Å². The molecular weight excluding hydrogens is 335 g/mol. The molecule has 0 spiro atoms. The van der Waals surface area contributed by atoms with Gasteiger partial charge in [-0.15, -0.1) is 0 Å². The molecule has 0 unspecified atom stereocenters. The largest absolute Gasteiger partial charge is 0.281 e. The molecule has 0 saturated carbocycles. The van der Waals surface area contributed by atoms with E-state index in [1.807, 2.05) is 19.1 Å². The molecule has 1 aromatic heterocycles. The van der Waals surface area contributed by atoms with Crippen LogP contribution in [0.2, 0.25) is 10.3 Å². The van der Waals surface area contributed by atoms with E-state index in [1.54, 1.807) is 30.3 Å². The Labute approximate surface area is 142 Å². The van der Waals surface area contributed by atoms with Crippen LogP contribution in [0, 0.1) is 6.92 Å². The van der Waals surface area contributed by atoms with E-state index in [-0.39, 0.29) is 11.2 Å². The average molecular weight is 347 g/mol. The van der Waals surface area contributed by atoms with Gasteiger partial charge in [0.25, 0.3) is 5.91 Å². The van der Waals surface area contributed by atoms with Crippen molar-refractivity contribution in [3.63, 3.8) is 0 Å². The molecule has 7 heteroatoms. The monoisotopic (exact) mass is 346 g/mol. The maximum absolute atomic E-state index is 12.2. The van der Waals surface area contributed by atoms with Crippen molar-refractivity contribution in [2.45, 2.75) is 6.92 Å². The molecule has 116 valence electrons. The van der Waals surface area contributed by atoms with Gasteiger partial charge in [-0.1, -0.05) is 29.8 Å². The second-order valence-electron chi connectivity index (χ2n) is 4.90. The highest BCUT2D eigenvalue weighted by atomic mass is 35.5. The molecule has 1 amide bonds. The molecule has 1 heterocycles. The lowest BCUT2D eigenvalue weighted by molar-refractivity contribution is 0.0962. The Bertz CT molecular complexity index is 893. The fourth-order valence-electron chi connectivity index (χ4n) is 2.18. The lowest BCUT2D eigenvalue weighted by Gasteiger charge is -2.11. The van der Waals surface area contributed by atoms with Gasteiger partial charge in [0.05, 0.1) is 5.52 Å². The van der Waals surface area contributed by atoms with Crippen molar-refractivity contribution in [2.24, 2.45) is 0 Å². The zero-order valence-corrected chi connectivity index (χ0v) is 13.6. The van der Waals surface area contributed by atoms with Crippen LogP contribution in [0.3, 0.4) is 0 Å². The molecule has 0 aliphatic rings. The van der Waals surface area contributed by atoms with Gasteiger partial charge >= 0.3 is 0 Å². The number of aryl methyl sites for hydroxylation is 1. The van der Waals surface area contributed by atoms with Crippen LogP contribution >= 0.6 is 23.2 Å². The number of rotatable bonds is 3. The molecule has 0 radical (unpaired) electrons. The standard InChI is InChI=1S/C16H12Cl2N4O/c1-9-4-2-3-5-11(9)15(23)22-21-14-12-7-6-10(17)8-13(12)19-16(18)20-14/h2-8H,1H3,(H,22,23)(H,19,20,21). The van der Waals surface area contributed by atoms with Crippen LogP contribution in [0.4, 0.5) is 5.82 Å². The SMILES string of the molecule is Cc1ccccc1C(=O)NNc1nc(Cl)nc2cc(Cl)ccc12. The van der Waals surface area contributed by atoms with E-state index in [9.17, 15) is 4.79 Å². The van der Waals surface area contributed by atoms with E-state index in [0.29, 0.717) is 27.3 Å². The molecule has 2 N–H and O–H groups in total. The Morgan fingerprint density at radius 1 is 1.09 bits per heavy atom. The Balaban J connectivity index is 1.87. The number of nitrogens with one attached hydrogen (secondary N) is 2. The number of benzene rings is 2. The number of nitrogens with zero attached hydrogens (tertiary/aromatic N) is 2. The van der Waals surface area contributed by atoms with Crippen LogP contribution in [-0.4, -0.2) is 15.9 Å². The van der Waals surface area contributed by atoms with E-state index in [2.05, 4.69) is 20.8 Å². The van der Waals surface area contributed by atoms with Crippen molar-refractivity contribution in [2.75, 3.05) is 5.43 Å². The van der Waals surface area contributed by atoms with Gasteiger partial charge in [0.2, 0.25) is 5.28 Å². The highest BCUT2D eigenvalue weighted by molar-refractivity contribution is 6.31. The molecule has 0 fully saturated rings. The number of aromatic nitrogens is 2. The number of carbonyl (C=O) groups excluding carboxylic acids is 1. The third-order valence-corrected chi connectivity index (χ3v) is 3.72. The summed E-state index contributed by atoms with van der Waals surface area (Å²) in [6, 6.07) is 12.5. The number of fused-ring (bicyclic) bond motifs is 1. The quantitative estimate of drug-likeness (QED) is 0.555. The van der Waals surface area contributed by atoms with Crippen molar-refractivity contribution >= 4 is 45.8 Å². The van der Waals surface area contributed by atoms with Crippen molar-refractivity contribution in [3.05, 3.63) is 63.9 Å². The summed E-state index contributed by atoms with van der Waals surface area (Å²) in [5.74, 6) is 0.138. The van der Waals surface area contributed by atoms with Crippen molar-refractivity contribution in [3.8, 4) is 0 Å². The molecule has 3 aromatic rings. The van der Waals surface area contributed by atoms with Crippen LogP contribution in [0.25, 0.3) is 10.9 Å². The normalized spacial score (nSPS) is 10.6. The van der Waals surface area contributed by atoms with Gasteiger partial charge in [-0.05, 0) is 48.4 Å². The van der Waals surface area contributed by atoms with Crippen LogP contribution < -0.4 is 10.9 Å². The Morgan fingerprint density at radius 3 is 2.65 bits per heavy atom. The van der Waals surface area contributed by atoms with Crippen LogP contribution in [0.15, 0.2) is 42.5 Å². The van der Waals surface area contributed by atoms with E-state index < -0.39 is 0 Å². The molecular formula is C16H12Cl2N4O. The summed E-state index contributed by atoms with van der Waals surface area (Å²) in [5, 5.41) is 1.30. The molecule has 23 heavy (non-hydrogen) atoms. The summed E-state index contributed by atoms with van der Waals surface area (Å²) in [6.45, 7) is 1.87. The van der Waals surface area contributed by atoms with E-state index in [0.717, 1.165) is 5.56 Å². The second-order valence-corrected chi connectivity index (χ2v) is 5.67. The third kappa shape index (κ3) is 3.36. The molecule has 0 bridgehead atoms. The highest BCUT2D eigenvalue weighted by Gasteiger charge is 2.11. The topological polar surface area (TPSA) is 66.9 Å². The molecule has 0 saturated heterocycles.